The van der Waals surface area contributed by atoms with Crippen LogP contribution in [0, 0.1) is 5.92 Å². The maximum atomic E-state index is 13.2. The Morgan fingerprint density at radius 2 is 1.82 bits per heavy atom. The lowest BCUT2D eigenvalue weighted by atomic mass is 9.76. The molecule has 1 amide bonds. The van der Waals surface area contributed by atoms with E-state index in [1.54, 1.807) is 6.07 Å². The van der Waals surface area contributed by atoms with Crippen molar-refractivity contribution in [2.24, 2.45) is 5.92 Å². The molecule has 2 aromatic rings. The fourth-order valence-electron chi connectivity index (χ4n) is 6.31. The first-order chi connectivity index (χ1) is 13.5. The predicted octanol–water partition coefficient (Wildman–Crippen LogP) is 4.61. The standard InChI is InChI=1S/C24H27NO3/c1-24(27)16-9-8-15(11-16)22-19(24)12-20(28-22)23(26)25-21-17-6-2-4-13(17)10-14-5-3-7-18(14)21/h10,12,15-16,27H,2-9,11H2,1H3,(H,25,26). The van der Waals surface area contributed by atoms with Crippen LogP contribution in [-0.4, -0.2) is 11.0 Å². The monoisotopic (exact) mass is 377 g/mol. The minimum Gasteiger partial charge on any atom is -0.455 e. The zero-order valence-electron chi connectivity index (χ0n) is 16.4. The largest absolute Gasteiger partial charge is 0.455 e. The molecular formula is C24H27NO3. The van der Waals surface area contributed by atoms with Gasteiger partial charge in [-0.05, 0) is 98.9 Å². The summed E-state index contributed by atoms with van der Waals surface area (Å²) < 4.78 is 6.07. The van der Waals surface area contributed by atoms with E-state index in [-0.39, 0.29) is 11.8 Å². The molecule has 3 unspecified atom stereocenters. The van der Waals surface area contributed by atoms with Gasteiger partial charge in [0.2, 0.25) is 0 Å². The molecule has 146 valence electrons. The maximum Gasteiger partial charge on any atom is 0.291 e. The highest BCUT2D eigenvalue weighted by molar-refractivity contribution is 6.03. The number of aryl methyl sites for hydroxylation is 2. The smallest absolute Gasteiger partial charge is 0.291 e. The van der Waals surface area contributed by atoms with Crippen molar-refractivity contribution in [2.75, 3.05) is 5.32 Å². The van der Waals surface area contributed by atoms with Crippen LogP contribution >= 0.6 is 0 Å². The van der Waals surface area contributed by atoms with Gasteiger partial charge in [0.1, 0.15) is 5.76 Å². The number of hydrogen-bond donors (Lipinski definition) is 2. The van der Waals surface area contributed by atoms with E-state index >= 15 is 0 Å². The second-order valence-corrected chi connectivity index (χ2v) is 9.43. The van der Waals surface area contributed by atoms with Gasteiger partial charge in [-0.15, -0.1) is 0 Å². The van der Waals surface area contributed by atoms with Gasteiger partial charge in [0.15, 0.2) is 5.76 Å². The summed E-state index contributed by atoms with van der Waals surface area (Å²) in [5.41, 5.74) is 6.48. The first-order valence-electron chi connectivity index (χ1n) is 10.9. The SMILES string of the molecule is CC1(O)c2cc(C(=O)Nc3c4c(cc5c3CCC5)CCC4)oc2C2CCC1C2. The highest BCUT2D eigenvalue weighted by Crippen LogP contribution is 2.54. The molecule has 0 radical (unpaired) electrons. The van der Waals surface area contributed by atoms with E-state index < -0.39 is 5.60 Å². The molecule has 3 atom stereocenters. The summed E-state index contributed by atoms with van der Waals surface area (Å²) in [6, 6.07) is 4.18. The Bertz CT molecular complexity index is 968. The van der Waals surface area contributed by atoms with Gasteiger partial charge in [-0.2, -0.15) is 0 Å². The number of aliphatic hydroxyl groups is 1. The van der Waals surface area contributed by atoms with Crippen LogP contribution in [0.1, 0.15) is 89.1 Å². The van der Waals surface area contributed by atoms with E-state index in [1.165, 1.54) is 35.1 Å². The lowest BCUT2D eigenvalue weighted by molar-refractivity contribution is -0.0115. The summed E-state index contributed by atoms with van der Waals surface area (Å²) in [6.45, 7) is 1.88. The van der Waals surface area contributed by atoms with Crippen LogP contribution in [0.15, 0.2) is 16.5 Å². The quantitative estimate of drug-likeness (QED) is 0.803. The van der Waals surface area contributed by atoms with E-state index in [9.17, 15) is 9.90 Å². The number of carbonyl (C=O) groups excluding carboxylic acids is 1. The zero-order chi connectivity index (χ0) is 19.0. The first kappa shape index (κ1) is 16.8. The van der Waals surface area contributed by atoms with E-state index in [4.69, 9.17) is 4.42 Å². The molecule has 1 saturated carbocycles. The van der Waals surface area contributed by atoms with E-state index in [1.807, 2.05) is 6.92 Å². The average molecular weight is 377 g/mol. The Hall–Kier alpha value is -2.07. The van der Waals surface area contributed by atoms with Crippen molar-refractivity contribution >= 4 is 11.6 Å². The molecule has 0 aliphatic heterocycles. The van der Waals surface area contributed by atoms with Crippen molar-refractivity contribution in [2.45, 2.75) is 76.2 Å². The number of anilines is 1. The minimum atomic E-state index is -0.889. The van der Waals surface area contributed by atoms with Gasteiger partial charge in [0.25, 0.3) is 5.91 Å². The van der Waals surface area contributed by atoms with Crippen LogP contribution in [0.2, 0.25) is 0 Å². The minimum absolute atomic E-state index is 0.171. The molecule has 6 rings (SSSR count). The number of carbonyl (C=O) groups is 1. The molecule has 1 heterocycles. The molecule has 0 spiro atoms. The fraction of sp³-hybridized carbons (Fsp3) is 0.542. The van der Waals surface area contributed by atoms with Crippen LogP contribution in [0.5, 0.6) is 0 Å². The molecule has 28 heavy (non-hydrogen) atoms. The summed E-state index contributed by atoms with van der Waals surface area (Å²) in [5, 5.41) is 14.3. The second-order valence-electron chi connectivity index (χ2n) is 9.43. The van der Waals surface area contributed by atoms with Crippen molar-refractivity contribution in [1.29, 1.82) is 0 Å². The Kier molecular flexibility index (Phi) is 3.45. The third kappa shape index (κ3) is 2.24. The summed E-state index contributed by atoms with van der Waals surface area (Å²) in [6.07, 6.45) is 9.71. The maximum absolute atomic E-state index is 13.2. The van der Waals surface area contributed by atoms with Crippen LogP contribution in [0.25, 0.3) is 0 Å². The van der Waals surface area contributed by atoms with Crippen molar-refractivity contribution in [3.8, 4) is 0 Å². The molecule has 2 N–H and O–H groups in total. The van der Waals surface area contributed by atoms with E-state index in [0.717, 1.165) is 62.0 Å². The van der Waals surface area contributed by atoms with Crippen molar-refractivity contribution in [3.05, 3.63) is 51.5 Å². The van der Waals surface area contributed by atoms with Gasteiger partial charge in [-0.3, -0.25) is 4.79 Å². The highest BCUT2D eigenvalue weighted by atomic mass is 16.4. The van der Waals surface area contributed by atoms with Crippen LogP contribution in [0.3, 0.4) is 0 Å². The molecule has 4 aliphatic rings. The number of hydrogen-bond acceptors (Lipinski definition) is 3. The number of fused-ring (bicyclic) bond motifs is 6. The summed E-state index contributed by atoms with van der Waals surface area (Å²) in [4.78, 5) is 13.2. The molecular weight excluding hydrogens is 350 g/mol. The van der Waals surface area contributed by atoms with Crippen LogP contribution < -0.4 is 5.32 Å². The van der Waals surface area contributed by atoms with Crippen molar-refractivity contribution in [3.63, 3.8) is 0 Å². The molecule has 4 aliphatic carbocycles. The number of furan rings is 1. The lowest BCUT2D eigenvalue weighted by Crippen LogP contribution is -2.33. The topological polar surface area (TPSA) is 62.5 Å². The van der Waals surface area contributed by atoms with Crippen LogP contribution in [-0.2, 0) is 31.3 Å². The molecule has 4 heteroatoms. The van der Waals surface area contributed by atoms with Gasteiger partial charge in [0.05, 0.1) is 5.60 Å². The second kappa shape index (κ2) is 5.73. The Morgan fingerprint density at radius 3 is 2.54 bits per heavy atom. The lowest BCUT2D eigenvalue weighted by Gasteiger charge is -2.33. The highest BCUT2D eigenvalue weighted by Gasteiger charge is 2.49. The fourth-order valence-corrected chi connectivity index (χ4v) is 6.31. The van der Waals surface area contributed by atoms with Gasteiger partial charge in [-0.25, -0.2) is 0 Å². The third-order valence-electron chi connectivity index (χ3n) is 7.84. The molecule has 4 nitrogen and oxygen atoms in total. The van der Waals surface area contributed by atoms with Gasteiger partial charge in [0, 0.05) is 17.2 Å². The zero-order valence-corrected chi connectivity index (χ0v) is 16.4. The predicted molar refractivity (Wildman–Crippen MR) is 107 cm³/mol. The Balaban J connectivity index is 1.37. The normalized spacial score (nSPS) is 29.5. The van der Waals surface area contributed by atoms with Gasteiger partial charge < -0.3 is 14.8 Å². The van der Waals surface area contributed by atoms with Gasteiger partial charge in [-0.1, -0.05) is 6.07 Å². The number of amides is 1. The van der Waals surface area contributed by atoms with E-state index in [2.05, 4.69) is 11.4 Å². The molecule has 1 aromatic carbocycles. The number of benzene rings is 1. The van der Waals surface area contributed by atoms with Crippen molar-refractivity contribution < 1.29 is 14.3 Å². The van der Waals surface area contributed by atoms with Gasteiger partial charge >= 0.3 is 0 Å². The average Bonchev–Trinajstić information content (AvgIpc) is 3.43. The molecule has 0 saturated heterocycles. The first-order valence-corrected chi connectivity index (χ1v) is 10.9. The molecule has 2 bridgehead atoms. The van der Waals surface area contributed by atoms with Crippen molar-refractivity contribution in [1.82, 2.24) is 0 Å². The Labute approximate surface area is 165 Å². The number of rotatable bonds is 2. The molecule has 1 fully saturated rings. The third-order valence-corrected chi connectivity index (χ3v) is 7.84. The van der Waals surface area contributed by atoms with Crippen LogP contribution in [0.4, 0.5) is 5.69 Å². The number of nitrogens with one attached hydrogen (secondary N) is 1. The molecule has 1 aromatic heterocycles. The van der Waals surface area contributed by atoms with E-state index in [0.29, 0.717) is 11.7 Å². The summed E-state index contributed by atoms with van der Waals surface area (Å²) >= 11 is 0. The Morgan fingerprint density at radius 1 is 1.11 bits per heavy atom. The summed E-state index contributed by atoms with van der Waals surface area (Å²) in [5.74, 6) is 1.65. The summed E-state index contributed by atoms with van der Waals surface area (Å²) in [7, 11) is 0.